The van der Waals surface area contributed by atoms with Crippen molar-refractivity contribution in [2.24, 2.45) is 0 Å². The maximum absolute atomic E-state index is 11.8. The van der Waals surface area contributed by atoms with E-state index in [2.05, 4.69) is 107 Å². The highest BCUT2D eigenvalue weighted by Crippen LogP contribution is 2.39. The fourth-order valence-electron chi connectivity index (χ4n) is 8.14. The van der Waals surface area contributed by atoms with Crippen molar-refractivity contribution in [2.75, 3.05) is 36.2 Å². The number of anilines is 6. The Morgan fingerprint density at radius 1 is 0.320 bits per heavy atom. The molecule has 0 aliphatic rings. The van der Waals surface area contributed by atoms with Crippen LogP contribution in [-0.2, 0) is 63.8 Å². The van der Waals surface area contributed by atoms with E-state index < -0.39 is 0 Å². The quantitative estimate of drug-likeness (QED) is 0.0202. The SMILES string of the molecule is C/C=C/C(=O)OCCCc1ccc(N(c2ccc(CCCOC(=O)/C=C/C)cc2)c2ccc(Oc3ccc(N(c4ccc(CCCOC(=O)/C=C/C)cc4)c4ccc(CCCOC(=O)/C=C/C)cc4)cc3)cc2)cc1. The van der Waals surface area contributed by atoms with Gasteiger partial charge in [0.25, 0.3) is 0 Å². The number of hydrogen-bond acceptors (Lipinski definition) is 11. The number of aryl methyl sites for hydroxylation is 4. The van der Waals surface area contributed by atoms with Crippen LogP contribution in [0.2, 0.25) is 0 Å². The van der Waals surface area contributed by atoms with E-state index >= 15 is 0 Å². The number of carbonyl (C=O) groups is 4. The van der Waals surface area contributed by atoms with Crippen molar-refractivity contribution in [1.82, 2.24) is 0 Å². The molecule has 0 aliphatic heterocycles. The Balaban J connectivity index is 1.18. The van der Waals surface area contributed by atoms with Gasteiger partial charge in [-0.1, -0.05) is 72.8 Å². The molecule has 0 fully saturated rings. The first-order chi connectivity index (χ1) is 36.7. The monoisotopic (exact) mass is 1010 g/mol. The molecule has 0 N–H and O–H groups in total. The maximum Gasteiger partial charge on any atom is 0.330 e. The van der Waals surface area contributed by atoms with Crippen LogP contribution in [0.3, 0.4) is 0 Å². The Morgan fingerprint density at radius 2 is 0.520 bits per heavy atom. The van der Waals surface area contributed by atoms with Crippen LogP contribution in [0.4, 0.5) is 34.1 Å². The summed E-state index contributed by atoms with van der Waals surface area (Å²) in [5, 5.41) is 0. The van der Waals surface area contributed by atoms with Crippen molar-refractivity contribution < 1.29 is 42.9 Å². The molecule has 0 radical (unpaired) electrons. The molecule has 75 heavy (non-hydrogen) atoms. The van der Waals surface area contributed by atoms with Gasteiger partial charge in [-0.3, -0.25) is 0 Å². The average Bonchev–Trinajstić information content (AvgIpc) is 3.42. The molecular weight excluding hydrogens is 941 g/mol. The number of benzene rings is 6. The number of rotatable bonds is 28. The van der Waals surface area contributed by atoms with Crippen LogP contribution in [0, 0.1) is 0 Å². The van der Waals surface area contributed by atoms with E-state index in [0.29, 0.717) is 63.6 Å². The molecule has 0 unspecified atom stereocenters. The molecule has 0 aliphatic carbocycles. The number of ether oxygens (including phenoxy) is 5. The van der Waals surface area contributed by atoms with Crippen LogP contribution in [0.1, 0.15) is 75.6 Å². The van der Waals surface area contributed by atoms with E-state index in [9.17, 15) is 19.2 Å². The molecule has 0 amide bonds. The van der Waals surface area contributed by atoms with Gasteiger partial charge < -0.3 is 33.5 Å². The van der Waals surface area contributed by atoms with Gasteiger partial charge in [-0.2, -0.15) is 0 Å². The summed E-state index contributed by atoms with van der Waals surface area (Å²) in [6, 6.07) is 49.8. The Morgan fingerprint density at radius 3 is 0.720 bits per heavy atom. The summed E-state index contributed by atoms with van der Waals surface area (Å²) in [5.74, 6) is 0.0379. The van der Waals surface area contributed by atoms with Gasteiger partial charge in [0.2, 0.25) is 0 Å². The molecule has 6 aromatic carbocycles. The largest absolute Gasteiger partial charge is 0.463 e. The van der Waals surface area contributed by atoms with Crippen LogP contribution in [0.5, 0.6) is 11.5 Å². The molecule has 388 valence electrons. The fraction of sp³-hybridized carbons (Fsp3) is 0.250. The highest BCUT2D eigenvalue weighted by Gasteiger charge is 2.16. The summed E-state index contributed by atoms with van der Waals surface area (Å²) < 4.78 is 27.6. The van der Waals surface area contributed by atoms with E-state index in [1.165, 1.54) is 24.3 Å². The molecule has 0 atom stereocenters. The van der Waals surface area contributed by atoms with Gasteiger partial charge in [0, 0.05) is 58.4 Å². The van der Waals surface area contributed by atoms with Crippen LogP contribution in [-0.4, -0.2) is 50.3 Å². The van der Waals surface area contributed by atoms with E-state index in [1.54, 1.807) is 52.0 Å². The fourth-order valence-corrected chi connectivity index (χ4v) is 8.14. The number of esters is 4. The zero-order chi connectivity index (χ0) is 53.0. The summed E-state index contributed by atoms with van der Waals surface area (Å²) in [6.45, 7) is 8.56. The van der Waals surface area contributed by atoms with Gasteiger partial charge in [0.1, 0.15) is 11.5 Å². The third-order valence-corrected chi connectivity index (χ3v) is 11.8. The highest BCUT2D eigenvalue weighted by atomic mass is 16.5. The molecule has 0 bridgehead atoms. The Bertz CT molecular complexity index is 2490. The molecule has 0 heterocycles. The lowest BCUT2D eigenvalue weighted by atomic mass is 10.1. The molecule has 11 heteroatoms. The van der Waals surface area contributed by atoms with Crippen molar-refractivity contribution in [2.45, 2.75) is 79.1 Å². The normalized spacial score (nSPS) is 11.3. The van der Waals surface area contributed by atoms with Crippen LogP contribution < -0.4 is 14.5 Å². The van der Waals surface area contributed by atoms with Gasteiger partial charge in [-0.05, 0) is 198 Å². The molecule has 0 saturated heterocycles. The van der Waals surface area contributed by atoms with Gasteiger partial charge in [0.15, 0.2) is 0 Å². The number of allylic oxidation sites excluding steroid dienone is 4. The maximum atomic E-state index is 11.8. The minimum absolute atomic E-state index is 0.330. The van der Waals surface area contributed by atoms with Crippen LogP contribution in [0.15, 0.2) is 194 Å². The minimum Gasteiger partial charge on any atom is -0.463 e. The second-order valence-electron chi connectivity index (χ2n) is 17.5. The second-order valence-corrected chi connectivity index (χ2v) is 17.5. The molecule has 0 saturated carbocycles. The predicted octanol–water partition coefficient (Wildman–Crippen LogP) is 14.6. The van der Waals surface area contributed by atoms with Crippen LogP contribution in [0.25, 0.3) is 0 Å². The van der Waals surface area contributed by atoms with E-state index in [0.717, 1.165) is 82.1 Å². The summed E-state index contributed by atoms with van der Waals surface area (Å²) in [7, 11) is 0. The molecule has 6 aromatic rings. The number of carbonyl (C=O) groups excluding carboxylic acids is 4. The molecule has 0 aromatic heterocycles. The highest BCUT2D eigenvalue weighted by molar-refractivity contribution is 5.83. The first kappa shape index (κ1) is 55.9. The van der Waals surface area contributed by atoms with Crippen molar-refractivity contribution in [1.29, 1.82) is 0 Å². The zero-order valence-corrected chi connectivity index (χ0v) is 43.5. The first-order valence-electron chi connectivity index (χ1n) is 25.7. The Labute approximate surface area is 442 Å². The zero-order valence-electron chi connectivity index (χ0n) is 43.5. The average molecular weight is 1010 g/mol. The number of nitrogens with zero attached hydrogens (tertiary/aromatic N) is 2. The van der Waals surface area contributed by atoms with Crippen molar-refractivity contribution in [3.8, 4) is 11.5 Å². The summed E-state index contributed by atoms with van der Waals surface area (Å²) in [6.07, 6.45) is 18.3. The third-order valence-electron chi connectivity index (χ3n) is 11.8. The van der Waals surface area contributed by atoms with Gasteiger partial charge in [-0.15, -0.1) is 0 Å². The van der Waals surface area contributed by atoms with E-state index in [-0.39, 0.29) is 23.9 Å². The molecule has 0 spiro atoms. The van der Waals surface area contributed by atoms with Crippen LogP contribution >= 0.6 is 0 Å². The van der Waals surface area contributed by atoms with Gasteiger partial charge >= 0.3 is 23.9 Å². The number of hydrogen-bond donors (Lipinski definition) is 0. The first-order valence-corrected chi connectivity index (χ1v) is 25.7. The summed E-state index contributed by atoms with van der Waals surface area (Å²) >= 11 is 0. The second kappa shape index (κ2) is 30.6. The predicted molar refractivity (Wildman–Crippen MR) is 299 cm³/mol. The lowest BCUT2D eigenvalue weighted by Crippen LogP contribution is -2.10. The lowest BCUT2D eigenvalue weighted by molar-refractivity contribution is -0.138. The van der Waals surface area contributed by atoms with Gasteiger partial charge in [0.05, 0.1) is 26.4 Å². The molecule has 11 nitrogen and oxygen atoms in total. The molecular formula is C64H68N2O9. The lowest BCUT2D eigenvalue weighted by Gasteiger charge is -2.26. The Hall–Kier alpha value is -8.44. The van der Waals surface area contributed by atoms with Crippen molar-refractivity contribution >= 4 is 58.0 Å². The topological polar surface area (TPSA) is 121 Å². The van der Waals surface area contributed by atoms with E-state index in [1.807, 2.05) is 48.5 Å². The molecule has 6 rings (SSSR count). The summed E-state index contributed by atoms with van der Waals surface area (Å²) in [5.41, 5.74) is 10.4. The van der Waals surface area contributed by atoms with Crippen molar-refractivity contribution in [3.05, 3.63) is 216 Å². The van der Waals surface area contributed by atoms with E-state index in [4.69, 9.17) is 23.7 Å². The smallest absolute Gasteiger partial charge is 0.330 e. The third kappa shape index (κ3) is 18.5. The minimum atomic E-state index is -0.330. The van der Waals surface area contributed by atoms with Gasteiger partial charge in [-0.25, -0.2) is 19.2 Å². The standard InChI is InChI=1S/C64H68N2O9/c1-5-13-61(67)71-45-9-17-49-21-29-53(30-22-49)65(54-31-23-50(24-32-54)18-10-46-72-62(68)14-6-2)57-37-41-59(42-38-57)75-60-43-39-58(40-44-60)66(55-33-25-51(26-34-55)19-11-47-73-63(69)15-7-3)56-35-27-52(28-36-56)20-12-48-74-64(70)16-8-4/h5-8,13-16,21-44H,9-12,17-20,45-48H2,1-4H3/b13-5+,14-6+,15-7+,16-8+. The van der Waals surface area contributed by atoms with Crippen molar-refractivity contribution in [3.63, 3.8) is 0 Å². The summed E-state index contributed by atoms with van der Waals surface area (Å²) in [4.78, 5) is 51.5. The Kier molecular flexibility index (Phi) is 22.8.